The molecule has 4 nitrogen and oxygen atoms in total. The van der Waals surface area contributed by atoms with E-state index in [2.05, 4.69) is 0 Å². The number of benzene rings is 2. The van der Waals surface area contributed by atoms with Crippen LogP contribution in [0.5, 0.6) is 5.75 Å². The first kappa shape index (κ1) is 16.3. The molecule has 0 aliphatic heterocycles. The first-order valence-electron chi connectivity index (χ1n) is 6.84. The van der Waals surface area contributed by atoms with Crippen molar-refractivity contribution in [1.82, 2.24) is 4.90 Å². The van der Waals surface area contributed by atoms with Gasteiger partial charge < -0.3 is 14.7 Å². The molecule has 0 radical (unpaired) electrons. The molecule has 0 saturated carbocycles. The summed E-state index contributed by atoms with van der Waals surface area (Å²) in [6.07, 6.45) is -0.765. The molecular weight excluding hydrogens is 302 g/mol. The van der Waals surface area contributed by atoms with Crippen LogP contribution in [0.3, 0.4) is 0 Å². The van der Waals surface area contributed by atoms with Gasteiger partial charge in [-0.2, -0.15) is 0 Å². The maximum atomic E-state index is 12.3. The predicted octanol–water partition coefficient (Wildman–Crippen LogP) is 3.15. The molecule has 5 heteroatoms. The minimum Gasteiger partial charge on any atom is -0.497 e. The first-order chi connectivity index (χ1) is 10.5. The van der Waals surface area contributed by atoms with E-state index in [0.29, 0.717) is 10.6 Å². The number of ether oxygens (including phenoxy) is 1. The number of aliphatic hydroxyl groups is 1. The molecule has 0 saturated heterocycles. The number of carbonyl (C=O) groups excluding carboxylic acids is 1. The van der Waals surface area contributed by atoms with Crippen LogP contribution in [0.1, 0.15) is 22.0 Å². The summed E-state index contributed by atoms with van der Waals surface area (Å²) in [6, 6.07) is 13.9. The number of hydrogen-bond donors (Lipinski definition) is 1. The lowest BCUT2D eigenvalue weighted by Crippen LogP contribution is -2.31. The highest BCUT2D eigenvalue weighted by Gasteiger charge is 2.17. The Bertz CT molecular complexity index is 643. The fourth-order valence-electron chi connectivity index (χ4n) is 2.12. The predicted molar refractivity (Wildman–Crippen MR) is 86.4 cm³/mol. The second kappa shape index (κ2) is 7.29. The maximum Gasteiger partial charge on any atom is 0.253 e. The van der Waals surface area contributed by atoms with E-state index >= 15 is 0 Å². The Balaban J connectivity index is 2.03. The summed E-state index contributed by atoms with van der Waals surface area (Å²) in [4.78, 5) is 13.8. The molecule has 1 amide bonds. The third kappa shape index (κ3) is 4.00. The summed E-state index contributed by atoms with van der Waals surface area (Å²) >= 11 is 5.89. The molecule has 22 heavy (non-hydrogen) atoms. The van der Waals surface area contributed by atoms with Crippen molar-refractivity contribution in [2.75, 3.05) is 20.7 Å². The second-order valence-corrected chi connectivity index (χ2v) is 5.42. The van der Waals surface area contributed by atoms with Crippen LogP contribution >= 0.6 is 11.6 Å². The fourth-order valence-corrected chi connectivity index (χ4v) is 2.31. The van der Waals surface area contributed by atoms with Gasteiger partial charge in [0.15, 0.2) is 0 Å². The Morgan fingerprint density at radius 2 is 1.95 bits per heavy atom. The lowest BCUT2D eigenvalue weighted by atomic mass is 10.1. The average molecular weight is 320 g/mol. The zero-order valence-corrected chi connectivity index (χ0v) is 13.2. The normalized spacial score (nSPS) is 11.8. The van der Waals surface area contributed by atoms with E-state index in [1.54, 1.807) is 62.7 Å². The smallest absolute Gasteiger partial charge is 0.253 e. The molecule has 0 fully saturated rings. The van der Waals surface area contributed by atoms with Crippen molar-refractivity contribution in [1.29, 1.82) is 0 Å². The Morgan fingerprint density at radius 1 is 1.27 bits per heavy atom. The van der Waals surface area contributed by atoms with E-state index in [-0.39, 0.29) is 12.5 Å². The summed E-state index contributed by atoms with van der Waals surface area (Å²) in [7, 11) is 3.23. The van der Waals surface area contributed by atoms with Gasteiger partial charge in [-0.25, -0.2) is 0 Å². The number of aliphatic hydroxyl groups excluding tert-OH is 1. The van der Waals surface area contributed by atoms with Gasteiger partial charge in [-0.1, -0.05) is 29.8 Å². The zero-order valence-electron chi connectivity index (χ0n) is 12.5. The SMILES string of the molecule is COc1ccc(C(O)CN(C)C(=O)c2cccc(Cl)c2)cc1. The van der Waals surface area contributed by atoms with Gasteiger partial charge in [-0.05, 0) is 35.9 Å². The summed E-state index contributed by atoms with van der Waals surface area (Å²) in [5.74, 6) is 0.536. The number of likely N-dealkylation sites (N-methyl/N-ethyl adjacent to an activating group) is 1. The lowest BCUT2D eigenvalue weighted by Gasteiger charge is -2.21. The minimum atomic E-state index is -0.765. The van der Waals surface area contributed by atoms with Crippen LogP contribution < -0.4 is 4.74 Å². The van der Waals surface area contributed by atoms with Crippen LogP contribution in [0, 0.1) is 0 Å². The highest BCUT2D eigenvalue weighted by atomic mass is 35.5. The van der Waals surface area contributed by atoms with Gasteiger partial charge in [0.05, 0.1) is 19.8 Å². The van der Waals surface area contributed by atoms with E-state index in [1.165, 1.54) is 4.90 Å². The van der Waals surface area contributed by atoms with E-state index in [9.17, 15) is 9.90 Å². The summed E-state index contributed by atoms with van der Waals surface area (Å²) in [5.41, 5.74) is 1.23. The topological polar surface area (TPSA) is 49.8 Å². The van der Waals surface area contributed by atoms with Crippen LogP contribution in [0.4, 0.5) is 0 Å². The average Bonchev–Trinajstić information content (AvgIpc) is 2.54. The highest BCUT2D eigenvalue weighted by Crippen LogP contribution is 2.19. The number of carbonyl (C=O) groups is 1. The van der Waals surface area contributed by atoms with Gasteiger partial charge in [0.2, 0.25) is 0 Å². The maximum absolute atomic E-state index is 12.3. The molecule has 1 unspecified atom stereocenters. The Hall–Kier alpha value is -2.04. The molecule has 1 N–H and O–H groups in total. The van der Waals surface area contributed by atoms with Gasteiger partial charge >= 0.3 is 0 Å². The van der Waals surface area contributed by atoms with Crippen molar-refractivity contribution < 1.29 is 14.6 Å². The third-order valence-corrected chi connectivity index (χ3v) is 3.60. The highest BCUT2D eigenvalue weighted by molar-refractivity contribution is 6.30. The Morgan fingerprint density at radius 3 is 2.55 bits per heavy atom. The zero-order chi connectivity index (χ0) is 16.1. The van der Waals surface area contributed by atoms with Gasteiger partial charge in [0.25, 0.3) is 5.91 Å². The van der Waals surface area contributed by atoms with Crippen LogP contribution in [0.15, 0.2) is 48.5 Å². The van der Waals surface area contributed by atoms with Gasteiger partial charge in [0, 0.05) is 17.6 Å². The Labute approximate surface area is 134 Å². The summed E-state index contributed by atoms with van der Waals surface area (Å²) in [6.45, 7) is 0.192. The first-order valence-corrected chi connectivity index (χ1v) is 7.22. The molecule has 0 aliphatic carbocycles. The van der Waals surface area contributed by atoms with Gasteiger partial charge in [-0.15, -0.1) is 0 Å². The molecular formula is C17H18ClNO3. The van der Waals surface area contributed by atoms with Crippen LogP contribution in [-0.2, 0) is 0 Å². The molecule has 2 rings (SSSR count). The molecule has 0 aromatic heterocycles. The van der Waals surface area contributed by atoms with Crippen LogP contribution in [-0.4, -0.2) is 36.6 Å². The molecule has 0 aliphatic rings. The van der Waals surface area contributed by atoms with E-state index in [1.807, 2.05) is 0 Å². The molecule has 0 bridgehead atoms. The number of nitrogens with zero attached hydrogens (tertiary/aromatic N) is 1. The number of amides is 1. The number of methoxy groups -OCH3 is 1. The van der Waals surface area contributed by atoms with Crippen LogP contribution in [0.2, 0.25) is 5.02 Å². The van der Waals surface area contributed by atoms with E-state index < -0.39 is 6.10 Å². The van der Waals surface area contributed by atoms with Crippen molar-refractivity contribution in [3.05, 3.63) is 64.7 Å². The number of rotatable bonds is 5. The standard InChI is InChI=1S/C17H18ClNO3/c1-19(17(21)13-4-3-5-14(18)10-13)11-16(20)12-6-8-15(22-2)9-7-12/h3-10,16,20H,11H2,1-2H3. The molecule has 2 aromatic carbocycles. The summed E-state index contributed by atoms with van der Waals surface area (Å²) in [5, 5.41) is 10.8. The van der Waals surface area contributed by atoms with E-state index in [4.69, 9.17) is 16.3 Å². The largest absolute Gasteiger partial charge is 0.497 e. The van der Waals surface area contributed by atoms with Gasteiger partial charge in [-0.3, -0.25) is 4.79 Å². The monoisotopic (exact) mass is 319 g/mol. The van der Waals surface area contributed by atoms with Crippen LogP contribution in [0.25, 0.3) is 0 Å². The minimum absolute atomic E-state index is 0.185. The van der Waals surface area contributed by atoms with Crippen molar-refractivity contribution in [3.8, 4) is 5.75 Å². The number of hydrogen-bond acceptors (Lipinski definition) is 3. The quantitative estimate of drug-likeness (QED) is 0.921. The summed E-state index contributed by atoms with van der Waals surface area (Å²) < 4.78 is 5.08. The number of halogens is 1. The van der Waals surface area contributed by atoms with Crippen molar-refractivity contribution in [2.24, 2.45) is 0 Å². The Kier molecular flexibility index (Phi) is 5.41. The molecule has 2 aromatic rings. The molecule has 1 atom stereocenters. The lowest BCUT2D eigenvalue weighted by molar-refractivity contribution is 0.0681. The van der Waals surface area contributed by atoms with Crippen molar-refractivity contribution >= 4 is 17.5 Å². The second-order valence-electron chi connectivity index (χ2n) is 4.98. The molecule has 116 valence electrons. The molecule has 0 spiro atoms. The van der Waals surface area contributed by atoms with Crippen molar-refractivity contribution in [2.45, 2.75) is 6.10 Å². The molecule has 0 heterocycles. The fraction of sp³-hybridized carbons (Fsp3) is 0.235. The van der Waals surface area contributed by atoms with Gasteiger partial charge in [0.1, 0.15) is 5.75 Å². The van der Waals surface area contributed by atoms with E-state index in [0.717, 1.165) is 11.3 Å². The van der Waals surface area contributed by atoms with Crippen molar-refractivity contribution in [3.63, 3.8) is 0 Å². The third-order valence-electron chi connectivity index (χ3n) is 3.37.